The third-order valence-corrected chi connectivity index (χ3v) is 7.73. The molecule has 36 heavy (non-hydrogen) atoms. The molecule has 192 valence electrons. The van der Waals surface area contributed by atoms with Crippen LogP contribution in [0.5, 0.6) is 0 Å². The lowest BCUT2D eigenvalue weighted by atomic mass is 9.87. The highest BCUT2D eigenvalue weighted by molar-refractivity contribution is 7.92. The summed E-state index contributed by atoms with van der Waals surface area (Å²) in [5.74, 6) is -0.359. The molecule has 1 aromatic heterocycles. The normalized spacial score (nSPS) is 11.8. The monoisotopic (exact) mass is 509 g/mol. The summed E-state index contributed by atoms with van der Waals surface area (Å²) in [6, 6.07) is 17.5. The molecule has 1 heterocycles. The number of aromatic nitrogens is 1. The van der Waals surface area contributed by atoms with E-state index in [2.05, 4.69) is 25.8 Å². The Balaban J connectivity index is 1.96. The fraction of sp³-hybridized carbons (Fsp3) is 0.357. The largest absolute Gasteiger partial charge is 0.396 e. The second-order valence-electron chi connectivity index (χ2n) is 9.88. The number of aryl methyl sites for hydroxylation is 1. The zero-order valence-corrected chi connectivity index (χ0v) is 22.2. The molecule has 0 aliphatic rings. The quantitative estimate of drug-likeness (QED) is 0.440. The summed E-state index contributed by atoms with van der Waals surface area (Å²) in [6.45, 7) is 8.25. The van der Waals surface area contributed by atoms with Gasteiger partial charge in [0.1, 0.15) is 6.54 Å². The maximum atomic E-state index is 13.8. The third kappa shape index (κ3) is 6.92. The molecule has 0 bridgehead atoms. The molecule has 1 N–H and O–H groups in total. The predicted molar refractivity (Wildman–Crippen MR) is 142 cm³/mol. The van der Waals surface area contributed by atoms with Gasteiger partial charge >= 0.3 is 0 Å². The number of nitrogens with zero attached hydrogens (tertiary/aromatic N) is 3. The van der Waals surface area contributed by atoms with Crippen molar-refractivity contribution in [3.05, 3.63) is 89.7 Å². The molecule has 3 rings (SSSR count). The Bertz CT molecular complexity index is 1240. The molecule has 2 aromatic carbocycles. The number of anilines is 1. The van der Waals surface area contributed by atoms with Crippen LogP contribution in [-0.4, -0.2) is 49.0 Å². The number of benzene rings is 2. The van der Waals surface area contributed by atoms with Crippen molar-refractivity contribution in [2.75, 3.05) is 24.0 Å². The molecule has 0 fully saturated rings. The molecule has 0 unspecified atom stereocenters. The van der Waals surface area contributed by atoms with Gasteiger partial charge in [0.2, 0.25) is 5.91 Å². The van der Waals surface area contributed by atoms with Gasteiger partial charge in [-0.05, 0) is 60.2 Å². The van der Waals surface area contributed by atoms with Gasteiger partial charge in [-0.3, -0.25) is 14.1 Å². The molecule has 1 amide bonds. The summed E-state index contributed by atoms with van der Waals surface area (Å²) in [5, 5.41) is 9.35. The van der Waals surface area contributed by atoms with Gasteiger partial charge < -0.3 is 10.0 Å². The molecule has 0 aliphatic heterocycles. The van der Waals surface area contributed by atoms with Crippen LogP contribution in [0.25, 0.3) is 0 Å². The molecule has 0 atom stereocenters. The zero-order valence-electron chi connectivity index (χ0n) is 21.4. The highest BCUT2D eigenvalue weighted by Crippen LogP contribution is 2.27. The number of sulfonamides is 1. The van der Waals surface area contributed by atoms with E-state index in [4.69, 9.17) is 0 Å². The molecule has 7 nitrogen and oxygen atoms in total. The average Bonchev–Trinajstić information content (AvgIpc) is 2.85. The van der Waals surface area contributed by atoms with E-state index in [1.165, 1.54) is 0 Å². The minimum atomic E-state index is -4.03. The molecule has 3 aromatic rings. The first-order chi connectivity index (χ1) is 17.0. The number of carbonyl (C=O) groups is 1. The van der Waals surface area contributed by atoms with Crippen LogP contribution in [0, 0.1) is 6.92 Å². The lowest BCUT2D eigenvalue weighted by Gasteiger charge is -2.29. The standard InChI is InChI=1S/C28H35N3O4S/c1-22-8-12-25(13-9-22)31(36(34,35)26-14-10-24(11-15-26)28(2,3)4)21-27(33)30(17-6-18-32)20-23-7-5-16-29-19-23/h5,7-16,19,32H,6,17-18,20-21H2,1-4H3. The van der Waals surface area contributed by atoms with Crippen LogP contribution in [-0.2, 0) is 26.8 Å². The van der Waals surface area contributed by atoms with Gasteiger partial charge in [-0.1, -0.05) is 56.7 Å². The number of aliphatic hydroxyl groups excluding tert-OH is 1. The number of hydrogen-bond acceptors (Lipinski definition) is 5. The molecular weight excluding hydrogens is 474 g/mol. The van der Waals surface area contributed by atoms with E-state index in [-0.39, 0.29) is 35.9 Å². The van der Waals surface area contributed by atoms with Gasteiger partial charge in [0.25, 0.3) is 10.0 Å². The van der Waals surface area contributed by atoms with Gasteiger partial charge in [0.05, 0.1) is 10.6 Å². The first-order valence-corrected chi connectivity index (χ1v) is 13.4. The van der Waals surface area contributed by atoms with Crippen LogP contribution in [0.4, 0.5) is 5.69 Å². The maximum Gasteiger partial charge on any atom is 0.264 e. The van der Waals surface area contributed by atoms with Crippen molar-refractivity contribution in [3.8, 4) is 0 Å². The van der Waals surface area contributed by atoms with Crippen molar-refractivity contribution in [3.63, 3.8) is 0 Å². The summed E-state index contributed by atoms with van der Waals surface area (Å²) < 4.78 is 28.8. The fourth-order valence-electron chi connectivity index (χ4n) is 3.77. The maximum absolute atomic E-state index is 13.8. The Morgan fingerprint density at radius 3 is 2.22 bits per heavy atom. The Kier molecular flexibility index (Phi) is 8.87. The topological polar surface area (TPSA) is 90.8 Å². The predicted octanol–water partition coefficient (Wildman–Crippen LogP) is 4.29. The molecule has 8 heteroatoms. The number of rotatable bonds is 10. The van der Waals surface area contributed by atoms with Crippen LogP contribution < -0.4 is 4.31 Å². The second-order valence-corrected chi connectivity index (χ2v) is 11.7. The molecule has 0 saturated heterocycles. The van der Waals surface area contributed by atoms with Crippen molar-refractivity contribution >= 4 is 21.6 Å². The summed E-state index contributed by atoms with van der Waals surface area (Å²) in [7, 11) is -4.03. The van der Waals surface area contributed by atoms with Crippen LogP contribution >= 0.6 is 0 Å². The smallest absolute Gasteiger partial charge is 0.264 e. The van der Waals surface area contributed by atoms with Gasteiger partial charge in [-0.15, -0.1) is 0 Å². The van der Waals surface area contributed by atoms with Crippen LogP contribution in [0.15, 0.2) is 78.0 Å². The van der Waals surface area contributed by atoms with Gasteiger partial charge in [-0.2, -0.15) is 0 Å². The Hall–Kier alpha value is -3.23. The SMILES string of the molecule is Cc1ccc(N(CC(=O)N(CCCO)Cc2cccnc2)S(=O)(=O)c2ccc(C(C)(C)C)cc2)cc1. The number of hydrogen-bond donors (Lipinski definition) is 1. The molecule has 0 radical (unpaired) electrons. The van der Waals surface area contributed by atoms with E-state index in [0.717, 1.165) is 21.0 Å². The summed E-state index contributed by atoms with van der Waals surface area (Å²) in [6.07, 6.45) is 3.71. The number of amides is 1. The van der Waals surface area contributed by atoms with Crippen LogP contribution in [0.2, 0.25) is 0 Å². The number of aliphatic hydroxyl groups is 1. The van der Waals surface area contributed by atoms with E-state index >= 15 is 0 Å². The van der Waals surface area contributed by atoms with Crippen molar-refractivity contribution in [2.45, 2.75) is 51.0 Å². The first kappa shape index (κ1) is 27.4. The highest BCUT2D eigenvalue weighted by atomic mass is 32.2. The van der Waals surface area contributed by atoms with Crippen molar-refractivity contribution in [1.82, 2.24) is 9.88 Å². The van der Waals surface area contributed by atoms with Crippen molar-refractivity contribution in [2.24, 2.45) is 0 Å². The van der Waals surface area contributed by atoms with Crippen LogP contribution in [0.3, 0.4) is 0 Å². The molecule has 0 saturated carbocycles. The summed E-state index contributed by atoms with van der Waals surface area (Å²) in [4.78, 5) is 19.3. The van der Waals surface area contributed by atoms with Gasteiger partial charge in [0.15, 0.2) is 0 Å². The lowest BCUT2D eigenvalue weighted by molar-refractivity contribution is -0.130. The number of pyridine rings is 1. The zero-order chi connectivity index (χ0) is 26.3. The van der Waals surface area contributed by atoms with Crippen LogP contribution in [0.1, 0.15) is 43.9 Å². The van der Waals surface area contributed by atoms with Crippen molar-refractivity contribution in [1.29, 1.82) is 0 Å². The van der Waals surface area contributed by atoms with Gasteiger partial charge in [-0.25, -0.2) is 8.42 Å². The second kappa shape index (κ2) is 11.7. The van der Waals surface area contributed by atoms with E-state index in [1.54, 1.807) is 47.6 Å². The van der Waals surface area contributed by atoms with E-state index < -0.39 is 10.0 Å². The third-order valence-electron chi connectivity index (χ3n) is 5.94. The molecular formula is C28H35N3O4S. The van der Waals surface area contributed by atoms with E-state index in [9.17, 15) is 18.3 Å². The van der Waals surface area contributed by atoms with Gasteiger partial charge in [0, 0.05) is 32.1 Å². The average molecular weight is 510 g/mol. The van der Waals surface area contributed by atoms with E-state index in [0.29, 0.717) is 18.7 Å². The molecule has 0 spiro atoms. The Morgan fingerprint density at radius 1 is 1.00 bits per heavy atom. The summed E-state index contributed by atoms with van der Waals surface area (Å²) in [5.41, 5.74) is 3.13. The Morgan fingerprint density at radius 2 is 1.67 bits per heavy atom. The first-order valence-electron chi connectivity index (χ1n) is 12.0. The fourth-order valence-corrected chi connectivity index (χ4v) is 5.18. The minimum Gasteiger partial charge on any atom is -0.396 e. The van der Waals surface area contributed by atoms with Crippen molar-refractivity contribution < 1.29 is 18.3 Å². The van der Waals surface area contributed by atoms with E-state index in [1.807, 2.05) is 37.3 Å². The highest BCUT2D eigenvalue weighted by Gasteiger charge is 2.29. The molecule has 0 aliphatic carbocycles. The minimum absolute atomic E-state index is 0.0725. The number of carbonyl (C=O) groups excluding carboxylic acids is 1. The Labute approximate surface area is 214 Å². The summed E-state index contributed by atoms with van der Waals surface area (Å²) >= 11 is 0. The lowest BCUT2D eigenvalue weighted by Crippen LogP contribution is -2.43.